The summed E-state index contributed by atoms with van der Waals surface area (Å²) in [5, 5.41) is 0. The van der Waals surface area contributed by atoms with Crippen molar-refractivity contribution in [2.45, 2.75) is 6.61 Å². The van der Waals surface area contributed by atoms with Crippen molar-refractivity contribution in [3.63, 3.8) is 0 Å². The van der Waals surface area contributed by atoms with Crippen LogP contribution in [0.4, 0.5) is 5.69 Å². The van der Waals surface area contributed by atoms with Crippen molar-refractivity contribution in [3.05, 3.63) is 53.9 Å². The van der Waals surface area contributed by atoms with Gasteiger partial charge in [0.05, 0.1) is 24.1 Å². The number of esters is 1. The summed E-state index contributed by atoms with van der Waals surface area (Å²) in [6.07, 6.45) is 1.70. The molecule has 0 aliphatic rings. The maximum Gasteiger partial charge on any atom is 0.337 e. The molecule has 0 saturated carbocycles. The second kappa shape index (κ2) is 5.86. The fourth-order valence-electron chi connectivity index (χ4n) is 1.56. The molecule has 2 aromatic rings. The number of aromatic nitrogens is 1. The van der Waals surface area contributed by atoms with E-state index < -0.39 is 5.97 Å². The van der Waals surface area contributed by atoms with Gasteiger partial charge in [-0.15, -0.1) is 0 Å². The normalized spacial score (nSPS) is 9.95. The summed E-state index contributed by atoms with van der Waals surface area (Å²) in [5.74, 6) is 0.0845. The van der Waals surface area contributed by atoms with Crippen molar-refractivity contribution in [1.29, 1.82) is 0 Å². The van der Waals surface area contributed by atoms with Crippen LogP contribution in [-0.4, -0.2) is 18.1 Å². The van der Waals surface area contributed by atoms with Gasteiger partial charge in [-0.3, -0.25) is 4.98 Å². The lowest BCUT2D eigenvalue weighted by Crippen LogP contribution is -2.04. The topological polar surface area (TPSA) is 74.4 Å². The van der Waals surface area contributed by atoms with Gasteiger partial charge in [-0.05, 0) is 30.3 Å². The Bertz CT molecular complexity index is 570. The molecular weight excluding hydrogens is 244 g/mol. The molecule has 0 saturated heterocycles. The van der Waals surface area contributed by atoms with Crippen molar-refractivity contribution in [2.24, 2.45) is 0 Å². The number of hydrogen-bond donors (Lipinski definition) is 1. The van der Waals surface area contributed by atoms with E-state index in [1.165, 1.54) is 13.2 Å². The first-order valence-electron chi connectivity index (χ1n) is 5.71. The van der Waals surface area contributed by atoms with E-state index in [2.05, 4.69) is 9.72 Å². The lowest BCUT2D eigenvalue weighted by Gasteiger charge is -2.09. The molecule has 0 aliphatic heterocycles. The summed E-state index contributed by atoms with van der Waals surface area (Å²) in [6, 6.07) is 10.4. The van der Waals surface area contributed by atoms with E-state index in [0.717, 1.165) is 5.69 Å². The molecule has 0 radical (unpaired) electrons. The summed E-state index contributed by atoms with van der Waals surface area (Å²) in [4.78, 5) is 15.5. The van der Waals surface area contributed by atoms with E-state index in [9.17, 15) is 4.79 Å². The third-order valence-electron chi connectivity index (χ3n) is 2.53. The maximum atomic E-state index is 11.3. The van der Waals surface area contributed by atoms with Gasteiger partial charge in [0.1, 0.15) is 12.4 Å². The molecule has 1 aromatic carbocycles. The minimum Gasteiger partial charge on any atom is -0.485 e. The molecule has 1 heterocycles. The highest BCUT2D eigenvalue weighted by Gasteiger charge is 2.08. The fraction of sp³-hybridized carbons (Fsp3) is 0.143. The number of carbonyl (C=O) groups excluding carboxylic acids is 1. The standard InChI is InChI=1S/C14H14N2O3/c1-18-14(17)10-5-6-13(12(15)8-10)19-9-11-4-2-3-7-16-11/h2-8H,9,15H2,1H3. The Hall–Kier alpha value is -2.56. The van der Waals surface area contributed by atoms with E-state index in [4.69, 9.17) is 10.5 Å². The second-order valence-electron chi connectivity index (χ2n) is 3.85. The van der Waals surface area contributed by atoms with Crippen molar-refractivity contribution < 1.29 is 14.3 Å². The Morgan fingerprint density at radius 2 is 2.16 bits per heavy atom. The van der Waals surface area contributed by atoms with Crippen molar-refractivity contribution in [1.82, 2.24) is 4.98 Å². The molecule has 5 heteroatoms. The average molecular weight is 258 g/mol. The van der Waals surface area contributed by atoms with Crippen LogP contribution in [0.5, 0.6) is 5.75 Å². The molecule has 0 aliphatic carbocycles. The SMILES string of the molecule is COC(=O)c1ccc(OCc2ccccn2)c(N)c1. The number of anilines is 1. The van der Waals surface area contributed by atoms with Crippen LogP contribution in [0.2, 0.25) is 0 Å². The quantitative estimate of drug-likeness (QED) is 0.671. The monoisotopic (exact) mass is 258 g/mol. The van der Waals surface area contributed by atoms with Crippen LogP contribution in [0.1, 0.15) is 16.1 Å². The average Bonchev–Trinajstić information content (AvgIpc) is 2.46. The highest BCUT2D eigenvalue weighted by Crippen LogP contribution is 2.23. The molecular formula is C14H14N2O3. The molecule has 98 valence electrons. The van der Waals surface area contributed by atoms with Gasteiger partial charge in [-0.25, -0.2) is 4.79 Å². The zero-order valence-electron chi connectivity index (χ0n) is 10.5. The van der Waals surface area contributed by atoms with Gasteiger partial charge in [0.2, 0.25) is 0 Å². The summed E-state index contributed by atoms with van der Waals surface area (Å²) in [6.45, 7) is 0.322. The lowest BCUT2D eigenvalue weighted by molar-refractivity contribution is 0.0600. The molecule has 2 N–H and O–H groups in total. The van der Waals surface area contributed by atoms with Gasteiger partial charge < -0.3 is 15.2 Å². The molecule has 0 spiro atoms. The van der Waals surface area contributed by atoms with Crippen LogP contribution < -0.4 is 10.5 Å². The van der Waals surface area contributed by atoms with Crippen molar-refractivity contribution >= 4 is 11.7 Å². The van der Waals surface area contributed by atoms with Crippen molar-refractivity contribution in [2.75, 3.05) is 12.8 Å². The minimum atomic E-state index is -0.428. The first-order chi connectivity index (χ1) is 9.20. The van der Waals surface area contributed by atoms with Crippen LogP contribution in [0.15, 0.2) is 42.6 Å². The largest absolute Gasteiger partial charge is 0.485 e. The van der Waals surface area contributed by atoms with E-state index in [0.29, 0.717) is 23.6 Å². The number of hydrogen-bond acceptors (Lipinski definition) is 5. The number of nitrogens with two attached hydrogens (primary N) is 1. The van der Waals surface area contributed by atoms with E-state index in [1.807, 2.05) is 18.2 Å². The number of benzene rings is 1. The van der Waals surface area contributed by atoms with Gasteiger partial charge >= 0.3 is 5.97 Å². The molecule has 0 amide bonds. The summed E-state index contributed by atoms with van der Waals surface area (Å²) >= 11 is 0. The Labute approximate surface area is 111 Å². The smallest absolute Gasteiger partial charge is 0.337 e. The first-order valence-corrected chi connectivity index (χ1v) is 5.71. The summed E-state index contributed by atoms with van der Waals surface area (Å²) in [7, 11) is 1.32. The minimum absolute atomic E-state index is 0.322. The number of nitrogen functional groups attached to an aromatic ring is 1. The number of ether oxygens (including phenoxy) is 2. The van der Waals surface area contributed by atoms with Gasteiger partial charge in [-0.1, -0.05) is 6.07 Å². The molecule has 2 rings (SSSR count). The van der Waals surface area contributed by atoms with Crippen LogP contribution in [0.3, 0.4) is 0 Å². The Morgan fingerprint density at radius 3 is 2.79 bits per heavy atom. The number of pyridine rings is 1. The molecule has 0 atom stereocenters. The van der Waals surface area contributed by atoms with Crippen LogP contribution >= 0.6 is 0 Å². The molecule has 5 nitrogen and oxygen atoms in total. The van der Waals surface area contributed by atoms with Crippen LogP contribution in [0.25, 0.3) is 0 Å². The molecule has 1 aromatic heterocycles. The number of methoxy groups -OCH3 is 1. The highest BCUT2D eigenvalue weighted by atomic mass is 16.5. The molecule has 0 unspecified atom stereocenters. The molecule has 0 fully saturated rings. The number of carbonyl (C=O) groups is 1. The van der Waals surface area contributed by atoms with E-state index in [1.54, 1.807) is 18.3 Å². The summed E-state index contributed by atoms with van der Waals surface area (Å²) < 4.78 is 10.2. The van der Waals surface area contributed by atoms with Crippen LogP contribution in [0, 0.1) is 0 Å². The van der Waals surface area contributed by atoms with E-state index in [-0.39, 0.29) is 0 Å². The third kappa shape index (κ3) is 3.22. The van der Waals surface area contributed by atoms with Gasteiger partial charge in [0.25, 0.3) is 0 Å². The predicted molar refractivity (Wildman–Crippen MR) is 70.8 cm³/mol. The Morgan fingerprint density at radius 1 is 1.32 bits per heavy atom. The predicted octanol–water partition coefficient (Wildman–Crippen LogP) is 2.03. The van der Waals surface area contributed by atoms with E-state index >= 15 is 0 Å². The van der Waals surface area contributed by atoms with Crippen molar-refractivity contribution in [3.8, 4) is 5.75 Å². The Kier molecular flexibility index (Phi) is 3.97. The second-order valence-corrected chi connectivity index (χ2v) is 3.85. The first kappa shape index (κ1) is 12.9. The Balaban J connectivity index is 2.07. The maximum absolute atomic E-state index is 11.3. The molecule has 19 heavy (non-hydrogen) atoms. The zero-order chi connectivity index (χ0) is 13.7. The fourth-order valence-corrected chi connectivity index (χ4v) is 1.56. The molecule has 0 bridgehead atoms. The third-order valence-corrected chi connectivity index (χ3v) is 2.53. The summed E-state index contributed by atoms with van der Waals surface area (Å²) in [5.41, 5.74) is 7.41. The van der Waals surface area contributed by atoms with Gasteiger partial charge in [0, 0.05) is 6.20 Å². The highest BCUT2D eigenvalue weighted by molar-refractivity contribution is 5.90. The van der Waals surface area contributed by atoms with Gasteiger partial charge in [-0.2, -0.15) is 0 Å². The number of nitrogens with zero attached hydrogens (tertiary/aromatic N) is 1. The van der Waals surface area contributed by atoms with Gasteiger partial charge in [0.15, 0.2) is 0 Å². The number of rotatable bonds is 4. The zero-order valence-corrected chi connectivity index (χ0v) is 10.5. The van der Waals surface area contributed by atoms with Crippen LogP contribution in [-0.2, 0) is 11.3 Å². The lowest BCUT2D eigenvalue weighted by atomic mass is 10.2.